The van der Waals surface area contributed by atoms with Crippen molar-refractivity contribution in [2.24, 2.45) is 0 Å². The fourth-order valence-corrected chi connectivity index (χ4v) is 1.85. The summed E-state index contributed by atoms with van der Waals surface area (Å²) in [5, 5.41) is 9.63. The van der Waals surface area contributed by atoms with Crippen LogP contribution in [0.4, 0.5) is 0 Å². The maximum absolute atomic E-state index is 10.7. The smallest absolute Gasteiger partial charge is 0.354 e. The van der Waals surface area contributed by atoms with Gasteiger partial charge >= 0.3 is 5.97 Å². The highest BCUT2D eigenvalue weighted by molar-refractivity contribution is 6.43. The molecule has 0 atom stereocenters. The molecule has 1 heterocycles. The van der Waals surface area contributed by atoms with Crippen LogP contribution in [0, 0.1) is 0 Å². The van der Waals surface area contributed by atoms with Gasteiger partial charge < -0.3 is 9.84 Å². The average Bonchev–Trinajstić information content (AvgIpc) is 2.36. The molecule has 0 radical (unpaired) electrons. The van der Waals surface area contributed by atoms with Crippen LogP contribution in [-0.4, -0.2) is 16.1 Å². The largest absolute Gasteiger partial charge is 0.477 e. The topological polar surface area (TPSA) is 59.4 Å². The summed E-state index contributed by atoms with van der Waals surface area (Å²) in [5.41, 5.74) is -0.0763. The average molecular weight is 319 g/mol. The molecule has 0 aliphatic rings. The van der Waals surface area contributed by atoms with Crippen LogP contribution in [0.1, 0.15) is 10.5 Å². The third-order valence-corrected chi connectivity index (χ3v) is 3.18. The summed E-state index contributed by atoms with van der Waals surface area (Å²) in [4.78, 5) is 14.4. The minimum atomic E-state index is -1.11. The Morgan fingerprint density at radius 3 is 2.37 bits per heavy atom. The molecule has 1 N–H and O–H groups in total. The van der Waals surface area contributed by atoms with E-state index in [1.54, 1.807) is 0 Å². The van der Waals surface area contributed by atoms with Gasteiger partial charge in [-0.1, -0.05) is 34.8 Å². The van der Waals surface area contributed by atoms with Crippen LogP contribution >= 0.6 is 34.8 Å². The van der Waals surface area contributed by atoms with Crippen LogP contribution in [0.3, 0.4) is 0 Å². The SMILES string of the molecule is O=C(O)c1ccc(Oc2cc(Cl)c(Cl)cc2Cl)cn1. The van der Waals surface area contributed by atoms with E-state index in [1.807, 2.05) is 0 Å². The number of carbonyl (C=O) groups is 1. The quantitative estimate of drug-likeness (QED) is 0.844. The Morgan fingerprint density at radius 2 is 1.79 bits per heavy atom. The molecule has 1 aromatic carbocycles. The molecule has 0 unspecified atom stereocenters. The first kappa shape index (κ1) is 13.9. The maximum atomic E-state index is 10.7. The second-order valence-corrected chi connectivity index (χ2v) is 4.70. The lowest BCUT2D eigenvalue weighted by atomic mass is 10.3. The number of rotatable bonds is 3. The Morgan fingerprint density at radius 1 is 1.11 bits per heavy atom. The molecule has 7 heteroatoms. The van der Waals surface area contributed by atoms with E-state index in [1.165, 1.54) is 30.5 Å². The third-order valence-electron chi connectivity index (χ3n) is 2.16. The van der Waals surface area contributed by atoms with Gasteiger partial charge in [0.05, 0.1) is 21.3 Å². The van der Waals surface area contributed by atoms with Crippen molar-refractivity contribution >= 4 is 40.8 Å². The predicted molar refractivity (Wildman–Crippen MR) is 72.7 cm³/mol. The number of carboxylic acids is 1. The Labute approximate surface area is 123 Å². The van der Waals surface area contributed by atoms with Gasteiger partial charge in [-0.3, -0.25) is 0 Å². The van der Waals surface area contributed by atoms with Crippen molar-refractivity contribution < 1.29 is 14.6 Å². The van der Waals surface area contributed by atoms with Crippen LogP contribution in [0.15, 0.2) is 30.5 Å². The second kappa shape index (κ2) is 5.65. The first-order valence-electron chi connectivity index (χ1n) is 4.99. The highest BCUT2D eigenvalue weighted by Gasteiger charge is 2.09. The van der Waals surface area contributed by atoms with E-state index in [0.29, 0.717) is 21.5 Å². The molecule has 0 spiro atoms. The standard InChI is InChI=1S/C12H6Cl3NO3/c13-7-3-9(15)11(4-8(7)14)19-6-1-2-10(12(17)18)16-5-6/h1-5H,(H,17,18). The number of aromatic nitrogens is 1. The van der Waals surface area contributed by atoms with Gasteiger partial charge in [0.25, 0.3) is 0 Å². The zero-order valence-corrected chi connectivity index (χ0v) is 11.5. The van der Waals surface area contributed by atoms with E-state index in [-0.39, 0.29) is 10.7 Å². The van der Waals surface area contributed by atoms with Gasteiger partial charge in [-0.25, -0.2) is 9.78 Å². The number of carboxylic acid groups (broad SMARTS) is 1. The molecule has 0 saturated carbocycles. The van der Waals surface area contributed by atoms with E-state index in [4.69, 9.17) is 44.6 Å². The van der Waals surface area contributed by atoms with E-state index < -0.39 is 5.97 Å². The Hall–Kier alpha value is -1.49. The monoisotopic (exact) mass is 317 g/mol. The molecule has 4 nitrogen and oxygen atoms in total. The molecule has 0 saturated heterocycles. The molecule has 0 bridgehead atoms. The van der Waals surface area contributed by atoms with E-state index in [2.05, 4.69) is 4.98 Å². The summed E-state index contributed by atoms with van der Waals surface area (Å²) in [5.74, 6) is -0.467. The van der Waals surface area contributed by atoms with Crippen LogP contribution in [0.25, 0.3) is 0 Å². The molecule has 0 aliphatic carbocycles. The van der Waals surface area contributed by atoms with Crippen molar-refractivity contribution in [2.75, 3.05) is 0 Å². The molecular weight excluding hydrogens is 312 g/mol. The van der Waals surface area contributed by atoms with E-state index in [0.717, 1.165) is 0 Å². The van der Waals surface area contributed by atoms with Crippen molar-refractivity contribution in [3.05, 3.63) is 51.2 Å². The van der Waals surface area contributed by atoms with Crippen molar-refractivity contribution in [1.82, 2.24) is 4.98 Å². The Kier molecular flexibility index (Phi) is 4.14. The first-order valence-corrected chi connectivity index (χ1v) is 6.12. The van der Waals surface area contributed by atoms with Crippen LogP contribution in [-0.2, 0) is 0 Å². The molecular formula is C12H6Cl3NO3. The van der Waals surface area contributed by atoms with Gasteiger partial charge in [0.15, 0.2) is 0 Å². The van der Waals surface area contributed by atoms with E-state index in [9.17, 15) is 4.79 Å². The fourth-order valence-electron chi connectivity index (χ4n) is 1.28. The molecule has 1 aromatic heterocycles. The molecule has 0 fully saturated rings. The highest BCUT2D eigenvalue weighted by Crippen LogP contribution is 2.36. The lowest BCUT2D eigenvalue weighted by Crippen LogP contribution is -1.99. The zero-order chi connectivity index (χ0) is 14.0. The summed E-state index contributed by atoms with van der Waals surface area (Å²) < 4.78 is 5.45. The van der Waals surface area contributed by atoms with Crippen molar-refractivity contribution in [3.8, 4) is 11.5 Å². The summed E-state index contributed by atoms with van der Waals surface area (Å²) in [6, 6.07) is 5.72. The summed E-state index contributed by atoms with van der Waals surface area (Å²) >= 11 is 17.6. The molecule has 98 valence electrons. The van der Waals surface area contributed by atoms with Crippen LogP contribution < -0.4 is 4.74 Å². The van der Waals surface area contributed by atoms with Crippen LogP contribution in [0.2, 0.25) is 15.1 Å². The minimum Gasteiger partial charge on any atom is -0.477 e. The lowest BCUT2D eigenvalue weighted by Gasteiger charge is -2.08. The van der Waals surface area contributed by atoms with Crippen molar-refractivity contribution in [1.29, 1.82) is 0 Å². The number of aromatic carboxylic acids is 1. The lowest BCUT2D eigenvalue weighted by molar-refractivity contribution is 0.0690. The molecule has 19 heavy (non-hydrogen) atoms. The number of benzene rings is 1. The minimum absolute atomic E-state index is 0.0763. The summed E-state index contributed by atoms with van der Waals surface area (Å²) in [6.07, 6.45) is 1.28. The zero-order valence-electron chi connectivity index (χ0n) is 9.23. The van der Waals surface area contributed by atoms with Gasteiger partial charge in [-0.2, -0.15) is 0 Å². The Bertz CT molecular complexity index is 629. The number of hydrogen-bond acceptors (Lipinski definition) is 3. The number of ether oxygens (including phenoxy) is 1. The molecule has 2 aromatic rings. The fraction of sp³-hybridized carbons (Fsp3) is 0. The second-order valence-electron chi connectivity index (χ2n) is 3.48. The summed E-state index contributed by atoms with van der Waals surface area (Å²) in [6.45, 7) is 0. The highest BCUT2D eigenvalue weighted by atomic mass is 35.5. The molecule has 0 amide bonds. The first-order chi connectivity index (χ1) is 8.97. The maximum Gasteiger partial charge on any atom is 0.354 e. The number of nitrogens with zero attached hydrogens (tertiary/aromatic N) is 1. The van der Waals surface area contributed by atoms with Gasteiger partial charge in [0.1, 0.15) is 17.2 Å². The van der Waals surface area contributed by atoms with Gasteiger partial charge in [-0.15, -0.1) is 0 Å². The van der Waals surface area contributed by atoms with E-state index >= 15 is 0 Å². The Balaban J connectivity index is 2.26. The number of halogens is 3. The summed E-state index contributed by atoms with van der Waals surface area (Å²) in [7, 11) is 0. The third kappa shape index (κ3) is 3.29. The van der Waals surface area contributed by atoms with Crippen LogP contribution in [0.5, 0.6) is 11.5 Å². The predicted octanol–water partition coefficient (Wildman–Crippen LogP) is 4.53. The van der Waals surface area contributed by atoms with Gasteiger partial charge in [0.2, 0.25) is 0 Å². The van der Waals surface area contributed by atoms with Crippen molar-refractivity contribution in [3.63, 3.8) is 0 Å². The molecule has 2 rings (SSSR count). The van der Waals surface area contributed by atoms with Gasteiger partial charge in [0, 0.05) is 6.07 Å². The normalized spacial score (nSPS) is 10.3. The molecule has 0 aliphatic heterocycles. The number of hydrogen-bond donors (Lipinski definition) is 1. The number of pyridine rings is 1. The van der Waals surface area contributed by atoms with Crippen molar-refractivity contribution in [2.45, 2.75) is 0 Å². The van der Waals surface area contributed by atoms with Gasteiger partial charge in [-0.05, 0) is 18.2 Å².